The highest BCUT2D eigenvalue weighted by Crippen LogP contribution is 2.28. The normalized spacial score (nSPS) is 10.7. The van der Waals surface area contributed by atoms with Gasteiger partial charge in [-0.1, -0.05) is 28.1 Å². The number of carbonyl (C=O) groups is 3. The van der Waals surface area contributed by atoms with Crippen molar-refractivity contribution in [3.63, 3.8) is 0 Å². The first-order valence-corrected chi connectivity index (χ1v) is 9.90. The SMILES string of the molecule is COC(=O)c1[nH]c(-c2nnn(CCOC(=O)CN)n2)c(C)c1C(=O)c1cccc(Br)c1. The van der Waals surface area contributed by atoms with Crippen LogP contribution in [0, 0.1) is 6.92 Å². The van der Waals surface area contributed by atoms with E-state index < -0.39 is 11.9 Å². The number of tetrazole rings is 1. The number of carbonyl (C=O) groups excluding carboxylic acids is 3. The van der Waals surface area contributed by atoms with E-state index in [-0.39, 0.29) is 42.6 Å². The molecule has 11 nitrogen and oxygen atoms in total. The molecule has 3 N–H and O–H groups in total. The fourth-order valence-electron chi connectivity index (χ4n) is 2.87. The number of esters is 2. The van der Waals surface area contributed by atoms with Crippen LogP contribution in [0.2, 0.25) is 0 Å². The van der Waals surface area contributed by atoms with E-state index in [0.717, 1.165) is 4.47 Å². The Kier molecular flexibility index (Phi) is 6.92. The molecule has 0 radical (unpaired) electrons. The third-order valence-electron chi connectivity index (χ3n) is 4.35. The van der Waals surface area contributed by atoms with Gasteiger partial charge in [0.1, 0.15) is 12.3 Å². The summed E-state index contributed by atoms with van der Waals surface area (Å²) in [5.74, 6) is -1.43. The minimum Gasteiger partial charge on any atom is -0.464 e. The van der Waals surface area contributed by atoms with Crippen molar-refractivity contribution in [3.05, 3.63) is 51.1 Å². The second-order valence-corrected chi connectivity index (χ2v) is 7.26. The minimum atomic E-state index is -0.700. The van der Waals surface area contributed by atoms with Gasteiger partial charge in [-0.25, -0.2) is 4.79 Å². The Bertz CT molecular complexity index is 1140. The van der Waals surface area contributed by atoms with Gasteiger partial charge in [0.15, 0.2) is 5.78 Å². The fraction of sp³-hybridized carbons (Fsp3) is 0.263. The van der Waals surface area contributed by atoms with Gasteiger partial charge >= 0.3 is 11.9 Å². The number of ketones is 1. The summed E-state index contributed by atoms with van der Waals surface area (Å²) in [5.41, 5.74) is 6.55. The quantitative estimate of drug-likeness (QED) is 0.350. The number of benzene rings is 1. The maximum Gasteiger partial charge on any atom is 0.355 e. The third-order valence-corrected chi connectivity index (χ3v) is 4.84. The Morgan fingerprint density at radius 2 is 2.06 bits per heavy atom. The van der Waals surface area contributed by atoms with Gasteiger partial charge in [-0.3, -0.25) is 9.59 Å². The molecule has 0 aliphatic carbocycles. The fourth-order valence-corrected chi connectivity index (χ4v) is 3.27. The molecule has 0 aliphatic rings. The van der Waals surface area contributed by atoms with Crippen LogP contribution in [0.5, 0.6) is 0 Å². The molecule has 2 heterocycles. The van der Waals surface area contributed by atoms with Gasteiger partial charge in [0.05, 0.1) is 31.5 Å². The van der Waals surface area contributed by atoms with E-state index in [1.807, 2.05) is 0 Å². The summed E-state index contributed by atoms with van der Waals surface area (Å²) in [6.45, 7) is 1.64. The second-order valence-electron chi connectivity index (χ2n) is 6.34. The van der Waals surface area contributed by atoms with E-state index in [4.69, 9.17) is 15.2 Å². The first-order chi connectivity index (χ1) is 14.8. The first-order valence-electron chi connectivity index (χ1n) is 9.10. The van der Waals surface area contributed by atoms with E-state index >= 15 is 0 Å². The highest BCUT2D eigenvalue weighted by atomic mass is 79.9. The average Bonchev–Trinajstić information content (AvgIpc) is 3.36. The molecular formula is C19H19BrN6O5. The molecule has 0 spiro atoms. The summed E-state index contributed by atoms with van der Waals surface area (Å²) in [6.07, 6.45) is 0. The molecule has 0 saturated carbocycles. The zero-order valence-corrected chi connectivity index (χ0v) is 18.3. The topological polar surface area (TPSA) is 155 Å². The van der Waals surface area contributed by atoms with Gasteiger partial charge in [-0.2, -0.15) is 4.80 Å². The number of rotatable bonds is 8. The molecule has 1 aromatic carbocycles. The van der Waals surface area contributed by atoms with Crippen molar-refractivity contribution in [2.75, 3.05) is 20.3 Å². The summed E-state index contributed by atoms with van der Waals surface area (Å²) < 4.78 is 10.4. The van der Waals surface area contributed by atoms with E-state index in [1.165, 1.54) is 11.9 Å². The Labute approximate surface area is 185 Å². The van der Waals surface area contributed by atoms with Crippen molar-refractivity contribution in [2.45, 2.75) is 13.5 Å². The molecule has 0 amide bonds. The van der Waals surface area contributed by atoms with E-state index in [0.29, 0.717) is 16.8 Å². The van der Waals surface area contributed by atoms with E-state index in [2.05, 4.69) is 36.3 Å². The van der Waals surface area contributed by atoms with Gasteiger partial charge in [-0.05, 0) is 29.8 Å². The molecule has 0 aliphatic heterocycles. The molecule has 0 fully saturated rings. The Hall–Kier alpha value is -3.38. The summed E-state index contributed by atoms with van der Waals surface area (Å²) in [6, 6.07) is 6.83. The predicted octanol–water partition coefficient (Wildman–Crippen LogP) is 1.26. The highest BCUT2D eigenvalue weighted by Gasteiger charge is 2.28. The summed E-state index contributed by atoms with van der Waals surface area (Å²) in [5, 5.41) is 12.1. The van der Waals surface area contributed by atoms with Crippen molar-refractivity contribution in [1.82, 2.24) is 25.2 Å². The lowest BCUT2D eigenvalue weighted by atomic mass is 9.99. The van der Waals surface area contributed by atoms with Crippen molar-refractivity contribution in [2.24, 2.45) is 5.73 Å². The number of methoxy groups -OCH3 is 1. The number of hydrogen-bond acceptors (Lipinski definition) is 9. The zero-order chi connectivity index (χ0) is 22.5. The molecule has 0 saturated heterocycles. The number of nitrogens with zero attached hydrogens (tertiary/aromatic N) is 4. The van der Waals surface area contributed by atoms with Crippen LogP contribution in [0.15, 0.2) is 28.7 Å². The molecule has 0 unspecified atom stereocenters. The van der Waals surface area contributed by atoms with E-state index in [1.54, 1.807) is 31.2 Å². The van der Waals surface area contributed by atoms with Crippen LogP contribution in [0.3, 0.4) is 0 Å². The maximum atomic E-state index is 13.2. The molecule has 31 heavy (non-hydrogen) atoms. The second kappa shape index (κ2) is 9.62. The number of halogens is 1. The number of ether oxygens (including phenoxy) is 2. The number of nitrogens with two attached hydrogens (primary N) is 1. The lowest BCUT2D eigenvalue weighted by Crippen LogP contribution is -2.19. The summed E-state index contributed by atoms with van der Waals surface area (Å²) in [7, 11) is 1.22. The van der Waals surface area contributed by atoms with Crippen LogP contribution < -0.4 is 5.73 Å². The Morgan fingerprint density at radius 1 is 1.29 bits per heavy atom. The van der Waals surface area contributed by atoms with Crippen LogP contribution in [0.25, 0.3) is 11.5 Å². The summed E-state index contributed by atoms with van der Waals surface area (Å²) in [4.78, 5) is 40.7. The van der Waals surface area contributed by atoms with Crippen LogP contribution in [0.1, 0.15) is 32.0 Å². The van der Waals surface area contributed by atoms with Gasteiger partial charge in [0.25, 0.3) is 0 Å². The van der Waals surface area contributed by atoms with Crippen molar-refractivity contribution in [3.8, 4) is 11.5 Å². The molecule has 162 valence electrons. The smallest absolute Gasteiger partial charge is 0.355 e. The predicted molar refractivity (Wildman–Crippen MR) is 111 cm³/mol. The van der Waals surface area contributed by atoms with Gasteiger partial charge in [-0.15, -0.1) is 10.2 Å². The standard InChI is InChI=1S/C19H19BrN6O5/c1-10-14(17(28)11-4-3-5-12(20)8-11)16(19(29)30-2)22-15(10)18-23-25-26(24-18)6-7-31-13(27)9-21/h3-5,8,22H,6-7,9,21H2,1-2H3. The Balaban J connectivity index is 1.95. The molecule has 3 aromatic rings. The number of H-pyrrole nitrogens is 1. The third kappa shape index (κ3) is 4.86. The number of aromatic nitrogens is 5. The van der Waals surface area contributed by atoms with Gasteiger partial charge < -0.3 is 20.2 Å². The van der Waals surface area contributed by atoms with Gasteiger partial charge in [0.2, 0.25) is 5.82 Å². The molecule has 0 bridgehead atoms. The number of nitrogens with one attached hydrogen (secondary N) is 1. The van der Waals surface area contributed by atoms with Crippen molar-refractivity contribution >= 4 is 33.7 Å². The van der Waals surface area contributed by atoms with Crippen LogP contribution >= 0.6 is 15.9 Å². The number of hydrogen-bond donors (Lipinski definition) is 2. The summed E-state index contributed by atoms with van der Waals surface area (Å²) >= 11 is 3.34. The molecular weight excluding hydrogens is 472 g/mol. The minimum absolute atomic E-state index is 0.00630. The van der Waals surface area contributed by atoms with Crippen LogP contribution in [0.4, 0.5) is 0 Å². The number of aromatic amines is 1. The molecule has 0 atom stereocenters. The van der Waals surface area contributed by atoms with Crippen LogP contribution in [-0.2, 0) is 20.8 Å². The molecule has 3 rings (SSSR count). The van der Waals surface area contributed by atoms with Gasteiger partial charge in [0, 0.05) is 10.0 Å². The first kappa shape index (κ1) is 22.3. The lowest BCUT2D eigenvalue weighted by Gasteiger charge is -2.04. The van der Waals surface area contributed by atoms with Crippen LogP contribution in [-0.4, -0.2) is 63.2 Å². The highest BCUT2D eigenvalue weighted by molar-refractivity contribution is 9.10. The van der Waals surface area contributed by atoms with E-state index in [9.17, 15) is 14.4 Å². The molecule has 12 heteroatoms. The zero-order valence-electron chi connectivity index (χ0n) is 16.7. The Morgan fingerprint density at radius 3 is 2.74 bits per heavy atom. The monoisotopic (exact) mass is 490 g/mol. The maximum absolute atomic E-state index is 13.2. The van der Waals surface area contributed by atoms with Crippen molar-refractivity contribution < 1.29 is 23.9 Å². The largest absolute Gasteiger partial charge is 0.464 e. The van der Waals surface area contributed by atoms with Crippen molar-refractivity contribution in [1.29, 1.82) is 0 Å². The molecule has 2 aromatic heterocycles. The lowest BCUT2D eigenvalue weighted by molar-refractivity contribution is -0.142. The average molecular weight is 491 g/mol.